The molecule has 0 aromatic heterocycles. The van der Waals surface area contributed by atoms with E-state index in [0.717, 1.165) is 24.8 Å². The second kappa shape index (κ2) is 8.21. The van der Waals surface area contributed by atoms with Crippen molar-refractivity contribution in [1.29, 1.82) is 0 Å². The number of hydrogen-bond donors (Lipinski definition) is 1. The third-order valence-electron chi connectivity index (χ3n) is 3.66. The predicted molar refractivity (Wildman–Crippen MR) is 80.8 cm³/mol. The first-order valence-corrected chi connectivity index (χ1v) is 7.83. The fraction of sp³-hybridized carbons (Fsp3) is 0.647. The van der Waals surface area contributed by atoms with Gasteiger partial charge in [0.15, 0.2) is 0 Å². The molecule has 1 saturated carbocycles. The van der Waals surface area contributed by atoms with Gasteiger partial charge in [0.05, 0.1) is 6.61 Å². The van der Waals surface area contributed by atoms with Crippen LogP contribution in [0, 0.1) is 0 Å². The van der Waals surface area contributed by atoms with Crippen molar-refractivity contribution in [1.82, 2.24) is 5.32 Å². The molecule has 0 atom stereocenters. The second-order valence-corrected chi connectivity index (χ2v) is 5.49. The molecule has 1 aliphatic carbocycles. The van der Waals surface area contributed by atoms with Gasteiger partial charge in [-0.2, -0.15) is 0 Å². The Hall–Kier alpha value is -1.02. The molecule has 0 heterocycles. The van der Waals surface area contributed by atoms with Crippen LogP contribution in [0.1, 0.15) is 51.0 Å². The summed E-state index contributed by atoms with van der Waals surface area (Å²) in [4.78, 5) is 0. The molecule has 0 aliphatic heterocycles. The van der Waals surface area contributed by atoms with Crippen LogP contribution in [0.15, 0.2) is 24.3 Å². The molecule has 0 radical (unpaired) electrons. The van der Waals surface area contributed by atoms with Crippen LogP contribution >= 0.6 is 0 Å². The predicted octanol–water partition coefficient (Wildman–Crippen LogP) is 3.94. The first-order valence-electron chi connectivity index (χ1n) is 7.83. The zero-order chi connectivity index (χ0) is 13.3. The van der Waals surface area contributed by atoms with E-state index in [1.807, 2.05) is 0 Å². The van der Waals surface area contributed by atoms with E-state index in [2.05, 4.69) is 36.5 Å². The maximum atomic E-state index is 5.79. The third-order valence-corrected chi connectivity index (χ3v) is 3.66. The average Bonchev–Trinajstić information content (AvgIpc) is 3.26. The second-order valence-electron chi connectivity index (χ2n) is 5.49. The summed E-state index contributed by atoms with van der Waals surface area (Å²) >= 11 is 0. The van der Waals surface area contributed by atoms with Gasteiger partial charge in [0.25, 0.3) is 0 Å². The van der Waals surface area contributed by atoms with Crippen molar-refractivity contribution < 1.29 is 4.74 Å². The summed E-state index contributed by atoms with van der Waals surface area (Å²) in [5.74, 6) is 1.02. The van der Waals surface area contributed by atoms with E-state index in [4.69, 9.17) is 4.74 Å². The highest BCUT2D eigenvalue weighted by atomic mass is 16.5. The minimum absolute atomic E-state index is 0.850. The molecule has 0 spiro atoms. The summed E-state index contributed by atoms with van der Waals surface area (Å²) in [5, 5.41) is 3.55. The molecule has 0 bridgehead atoms. The number of nitrogens with one attached hydrogen (secondary N) is 1. The van der Waals surface area contributed by atoms with Crippen LogP contribution in [0.25, 0.3) is 0 Å². The fourth-order valence-electron chi connectivity index (χ4n) is 2.22. The van der Waals surface area contributed by atoms with Gasteiger partial charge in [-0.15, -0.1) is 0 Å². The van der Waals surface area contributed by atoms with Gasteiger partial charge in [0, 0.05) is 6.04 Å². The van der Waals surface area contributed by atoms with E-state index in [1.54, 1.807) is 0 Å². The Bertz CT molecular complexity index is 360. The first kappa shape index (κ1) is 14.4. The minimum atomic E-state index is 0.850. The van der Waals surface area contributed by atoms with E-state index in [9.17, 15) is 0 Å². The van der Waals surface area contributed by atoms with Gasteiger partial charge in [-0.3, -0.25) is 0 Å². The van der Waals surface area contributed by atoms with Gasteiger partial charge < -0.3 is 10.1 Å². The average molecular weight is 261 g/mol. The van der Waals surface area contributed by atoms with Crippen LogP contribution in [0.2, 0.25) is 0 Å². The van der Waals surface area contributed by atoms with E-state index < -0.39 is 0 Å². The van der Waals surface area contributed by atoms with E-state index >= 15 is 0 Å². The SMILES string of the molecule is CCc1cccc(OCCCCCCNC2CC2)c1. The fourth-order valence-corrected chi connectivity index (χ4v) is 2.22. The lowest BCUT2D eigenvalue weighted by molar-refractivity contribution is 0.304. The first-order chi connectivity index (χ1) is 9.38. The van der Waals surface area contributed by atoms with Crippen LogP contribution in [0.3, 0.4) is 0 Å². The molecular formula is C17H27NO. The van der Waals surface area contributed by atoms with Gasteiger partial charge in [0.1, 0.15) is 5.75 Å². The van der Waals surface area contributed by atoms with Crippen molar-refractivity contribution in [3.63, 3.8) is 0 Å². The molecule has 106 valence electrons. The summed E-state index contributed by atoms with van der Waals surface area (Å²) in [6.07, 6.45) is 8.93. The number of aryl methyl sites for hydroxylation is 1. The van der Waals surface area contributed by atoms with Gasteiger partial charge in [0.2, 0.25) is 0 Å². The maximum absolute atomic E-state index is 5.79. The zero-order valence-corrected chi connectivity index (χ0v) is 12.2. The Balaban J connectivity index is 1.46. The van der Waals surface area contributed by atoms with Gasteiger partial charge in [-0.1, -0.05) is 31.9 Å². The third kappa shape index (κ3) is 6.11. The lowest BCUT2D eigenvalue weighted by Crippen LogP contribution is -2.17. The molecule has 2 heteroatoms. The van der Waals surface area contributed by atoms with E-state index in [0.29, 0.717) is 0 Å². The molecule has 0 amide bonds. The summed E-state index contributed by atoms with van der Waals surface area (Å²) < 4.78 is 5.79. The Morgan fingerprint density at radius 1 is 1.16 bits per heavy atom. The lowest BCUT2D eigenvalue weighted by atomic mass is 10.1. The molecule has 0 unspecified atom stereocenters. The number of ether oxygens (including phenoxy) is 1. The van der Waals surface area contributed by atoms with Crippen molar-refractivity contribution in [2.24, 2.45) is 0 Å². The van der Waals surface area contributed by atoms with E-state index in [1.165, 1.54) is 50.6 Å². The Kier molecular flexibility index (Phi) is 6.22. The van der Waals surface area contributed by atoms with Crippen LogP contribution < -0.4 is 10.1 Å². The van der Waals surface area contributed by atoms with Crippen LogP contribution in [0.4, 0.5) is 0 Å². The number of rotatable bonds is 10. The smallest absolute Gasteiger partial charge is 0.119 e. The van der Waals surface area contributed by atoms with Crippen molar-refractivity contribution in [3.05, 3.63) is 29.8 Å². The number of unbranched alkanes of at least 4 members (excludes halogenated alkanes) is 3. The molecule has 2 rings (SSSR count). The van der Waals surface area contributed by atoms with Crippen molar-refractivity contribution in [2.75, 3.05) is 13.2 Å². The quantitative estimate of drug-likeness (QED) is 0.644. The highest BCUT2D eigenvalue weighted by molar-refractivity contribution is 5.28. The Labute approximate surface area is 117 Å². The standard InChI is InChI=1S/C17H27NO/c1-2-15-8-7-9-17(14-15)19-13-6-4-3-5-12-18-16-10-11-16/h7-9,14,16,18H,2-6,10-13H2,1H3. The molecular weight excluding hydrogens is 234 g/mol. The largest absolute Gasteiger partial charge is 0.494 e. The molecule has 1 fully saturated rings. The zero-order valence-electron chi connectivity index (χ0n) is 12.2. The monoisotopic (exact) mass is 261 g/mol. The summed E-state index contributed by atoms with van der Waals surface area (Å²) in [6.45, 7) is 4.22. The molecule has 1 aromatic carbocycles. The van der Waals surface area contributed by atoms with Crippen molar-refractivity contribution in [2.45, 2.75) is 57.9 Å². The van der Waals surface area contributed by atoms with Crippen molar-refractivity contribution in [3.8, 4) is 5.75 Å². The summed E-state index contributed by atoms with van der Waals surface area (Å²) in [7, 11) is 0. The minimum Gasteiger partial charge on any atom is -0.494 e. The Morgan fingerprint density at radius 2 is 2.00 bits per heavy atom. The molecule has 0 saturated heterocycles. The van der Waals surface area contributed by atoms with Gasteiger partial charge in [-0.25, -0.2) is 0 Å². The topological polar surface area (TPSA) is 21.3 Å². The van der Waals surface area contributed by atoms with Crippen LogP contribution in [-0.2, 0) is 6.42 Å². The summed E-state index contributed by atoms with van der Waals surface area (Å²) in [6, 6.07) is 9.30. The van der Waals surface area contributed by atoms with Crippen LogP contribution in [-0.4, -0.2) is 19.2 Å². The highest BCUT2D eigenvalue weighted by Gasteiger charge is 2.19. The maximum Gasteiger partial charge on any atom is 0.119 e. The molecule has 1 aliphatic rings. The number of benzene rings is 1. The van der Waals surface area contributed by atoms with Gasteiger partial charge >= 0.3 is 0 Å². The molecule has 1 N–H and O–H groups in total. The summed E-state index contributed by atoms with van der Waals surface area (Å²) in [5.41, 5.74) is 1.35. The normalized spacial score (nSPS) is 14.6. The number of hydrogen-bond acceptors (Lipinski definition) is 2. The van der Waals surface area contributed by atoms with E-state index in [-0.39, 0.29) is 0 Å². The highest BCUT2D eigenvalue weighted by Crippen LogP contribution is 2.18. The van der Waals surface area contributed by atoms with Crippen LogP contribution in [0.5, 0.6) is 5.75 Å². The van der Waals surface area contributed by atoms with Crippen molar-refractivity contribution >= 4 is 0 Å². The lowest BCUT2D eigenvalue weighted by Gasteiger charge is -2.07. The molecule has 2 nitrogen and oxygen atoms in total. The Morgan fingerprint density at radius 3 is 2.79 bits per heavy atom. The molecule has 19 heavy (non-hydrogen) atoms. The van der Waals surface area contributed by atoms with Gasteiger partial charge in [-0.05, 0) is 56.3 Å². The molecule has 1 aromatic rings.